The van der Waals surface area contributed by atoms with Crippen molar-refractivity contribution in [3.8, 4) is 0 Å². The lowest BCUT2D eigenvalue weighted by Crippen LogP contribution is -2.62. The summed E-state index contributed by atoms with van der Waals surface area (Å²) >= 11 is 0. The van der Waals surface area contributed by atoms with Gasteiger partial charge in [0.1, 0.15) is 6.10 Å². The molecule has 0 saturated carbocycles. The molecule has 1 N–H and O–H groups in total. The van der Waals surface area contributed by atoms with Crippen LogP contribution in [0.3, 0.4) is 0 Å². The average molecular weight is 348 g/mol. The van der Waals surface area contributed by atoms with Crippen molar-refractivity contribution in [3.05, 3.63) is 0 Å². The van der Waals surface area contributed by atoms with E-state index in [-0.39, 0.29) is 6.61 Å². The van der Waals surface area contributed by atoms with Crippen LogP contribution in [-0.4, -0.2) is 66.9 Å². The second-order valence-corrected chi connectivity index (χ2v) is 5.36. The van der Waals surface area contributed by atoms with Crippen molar-refractivity contribution in [1.29, 1.82) is 0 Å². The molecule has 0 aromatic carbocycles. The van der Waals surface area contributed by atoms with Crippen LogP contribution in [0.25, 0.3) is 0 Å². The number of ether oxygens (including phenoxy) is 5. The highest BCUT2D eigenvalue weighted by molar-refractivity contribution is 5.68. The van der Waals surface area contributed by atoms with Crippen molar-refractivity contribution in [3.63, 3.8) is 0 Å². The van der Waals surface area contributed by atoms with Crippen LogP contribution >= 0.6 is 0 Å². The molecule has 138 valence electrons. The molecule has 0 unspecified atom stereocenters. The lowest BCUT2D eigenvalue weighted by atomic mass is 9.98. The van der Waals surface area contributed by atoms with Gasteiger partial charge in [-0.05, 0) is 6.42 Å². The maximum Gasteiger partial charge on any atom is 0.303 e. The van der Waals surface area contributed by atoms with E-state index in [1.807, 2.05) is 6.92 Å². The van der Waals surface area contributed by atoms with E-state index in [9.17, 15) is 19.5 Å². The molecule has 1 aliphatic rings. The van der Waals surface area contributed by atoms with E-state index in [2.05, 4.69) is 0 Å². The molecule has 9 nitrogen and oxygen atoms in total. The first-order valence-electron chi connectivity index (χ1n) is 7.69. The van der Waals surface area contributed by atoms with E-state index < -0.39 is 48.6 Å². The Kier molecular flexibility index (Phi) is 8.09. The van der Waals surface area contributed by atoms with Gasteiger partial charge < -0.3 is 28.8 Å². The smallest absolute Gasteiger partial charge is 0.303 e. The van der Waals surface area contributed by atoms with Crippen LogP contribution < -0.4 is 0 Å². The van der Waals surface area contributed by atoms with Crippen molar-refractivity contribution >= 4 is 17.9 Å². The van der Waals surface area contributed by atoms with Gasteiger partial charge in [-0.1, -0.05) is 6.92 Å². The number of carbonyl (C=O) groups excluding carboxylic acids is 3. The normalized spacial score (nSPS) is 29.6. The number of rotatable bonds is 7. The summed E-state index contributed by atoms with van der Waals surface area (Å²) in [5.74, 6) is -2.03. The van der Waals surface area contributed by atoms with Crippen LogP contribution in [0.2, 0.25) is 0 Å². The molecule has 0 spiro atoms. The van der Waals surface area contributed by atoms with Gasteiger partial charge in [0, 0.05) is 27.4 Å². The Hall–Kier alpha value is -1.71. The van der Waals surface area contributed by atoms with E-state index in [0.717, 1.165) is 20.3 Å². The van der Waals surface area contributed by atoms with Crippen LogP contribution in [0.4, 0.5) is 0 Å². The summed E-state index contributed by atoms with van der Waals surface area (Å²) in [7, 11) is 0. The minimum atomic E-state index is -1.56. The molecule has 0 aromatic rings. The minimum Gasteiger partial charge on any atom is -0.456 e. The zero-order valence-corrected chi connectivity index (χ0v) is 14.2. The fraction of sp³-hybridized carbons (Fsp3) is 0.800. The largest absolute Gasteiger partial charge is 0.456 e. The lowest BCUT2D eigenvalue weighted by Gasteiger charge is -2.42. The van der Waals surface area contributed by atoms with Gasteiger partial charge in [0.05, 0.1) is 6.61 Å². The van der Waals surface area contributed by atoms with Crippen molar-refractivity contribution < 1.29 is 43.2 Å². The van der Waals surface area contributed by atoms with Crippen molar-refractivity contribution in [2.24, 2.45) is 0 Å². The zero-order chi connectivity index (χ0) is 18.3. The summed E-state index contributed by atoms with van der Waals surface area (Å²) in [6.07, 6.45) is -5.30. The Morgan fingerprint density at radius 3 is 1.92 bits per heavy atom. The molecule has 1 fully saturated rings. The highest BCUT2D eigenvalue weighted by atomic mass is 16.7. The maximum absolute atomic E-state index is 11.4. The van der Waals surface area contributed by atoms with Crippen molar-refractivity contribution in [2.75, 3.05) is 13.2 Å². The van der Waals surface area contributed by atoms with Gasteiger partial charge in [-0.15, -0.1) is 0 Å². The first kappa shape index (κ1) is 20.3. The standard InChI is InChI=1S/C15H24O9/c1-5-6-20-7-11-12(21-8(2)16)13(22-9(3)17)14(15(19)24-11)23-10(4)18/h11-15,19H,5-7H2,1-4H3/t11-,12+,13+,14-,15+/m1/s1. The molecule has 5 atom stereocenters. The summed E-state index contributed by atoms with van der Waals surface area (Å²) in [5, 5.41) is 10.1. The molecule has 1 rings (SSSR count). The second-order valence-electron chi connectivity index (χ2n) is 5.36. The second kappa shape index (κ2) is 9.55. The summed E-state index contributed by atoms with van der Waals surface area (Å²) in [6, 6.07) is 0. The number of hydrogen-bond acceptors (Lipinski definition) is 9. The number of esters is 3. The quantitative estimate of drug-likeness (QED) is 0.383. The molecule has 0 aliphatic carbocycles. The monoisotopic (exact) mass is 348 g/mol. The van der Waals surface area contributed by atoms with Gasteiger partial charge in [-0.3, -0.25) is 14.4 Å². The van der Waals surface area contributed by atoms with Crippen LogP contribution in [0, 0.1) is 0 Å². The molecule has 0 aromatic heterocycles. The third kappa shape index (κ3) is 6.06. The molecule has 0 bridgehead atoms. The summed E-state index contributed by atoms with van der Waals surface area (Å²) in [5.41, 5.74) is 0. The number of aliphatic hydroxyl groups is 1. The van der Waals surface area contributed by atoms with Crippen molar-refractivity contribution in [2.45, 2.75) is 64.8 Å². The lowest BCUT2D eigenvalue weighted by molar-refractivity contribution is -0.297. The van der Waals surface area contributed by atoms with Crippen LogP contribution in [0.5, 0.6) is 0 Å². The first-order valence-corrected chi connectivity index (χ1v) is 7.69. The molecule has 1 saturated heterocycles. The highest BCUT2D eigenvalue weighted by Gasteiger charge is 2.51. The fourth-order valence-electron chi connectivity index (χ4n) is 2.35. The van der Waals surface area contributed by atoms with E-state index in [1.54, 1.807) is 0 Å². The Morgan fingerprint density at radius 2 is 1.42 bits per heavy atom. The topological polar surface area (TPSA) is 118 Å². The molecular formula is C15H24O9. The van der Waals surface area contributed by atoms with Gasteiger partial charge in [0.15, 0.2) is 24.6 Å². The van der Waals surface area contributed by atoms with Gasteiger partial charge in [-0.25, -0.2) is 0 Å². The Labute approximate surface area is 140 Å². The molecule has 1 heterocycles. The Morgan fingerprint density at radius 1 is 0.917 bits per heavy atom. The predicted molar refractivity (Wildman–Crippen MR) is 78.7 cm³/mol. The average Bonchev–Trinajstić information content (AvgIpc) is 2.45. The van der Waals surface area contributed by atoms with Gasteiger partial charge >= 0.3 is 17.9 Å². The minimum absolute atomic E-state index is 0.00734. The van der Waals surface area contributed by atoms with E-state index >= 15 is 0 Å². The van der Waals surface area contributed by atoms with Crippen molar-refractivity contribution in [1.82, 2.24) is 0 Å². The van der Waals surface area contributed by atoms with E-state index in [1.165, 1.54) is 6.92 Å². The number of hydrogen-bond donors (Lipinski definition) is 1. The molecule has 9 heteroatoms. The SMILES string of the molecule is CCCOC[C@H]1O[C@H](O)[C@H](OC(C)=O)[C@@H](OC(C)=O)[C@H]1OC(C)=O. The van der Waals surface area contributed by atoms with E-state index in [4.69, 9.17) is 23.7 Å². The third-order valence-corrected chi connectivity index (χ3v) is 3.15. The first-order chi connectivity index (χ1) is 11.3. The molecule has 24 heavy (non-hydrogen) atoms. The van der Waals surface area contributed by atoms with Crippen LogP contribution in [0.1, 0.15) is 34.1 Å². The molecular weight excluding hydrogens is 324 g/mol. The van der Waals surface area contributed by atoms with Gasteiger partial charge in [0.25, 0.3) is 0 Å². The third-order valence-electron chi connectivity index (χ3n) is 3.15. The van der Waals surface area contributed by atoms with E-state index in [0.29, 0.717) is 6.61 Å². The van der Waals surface area contributed by atoms with Crippen LogP contribution in [-0.2, 0) is 38.1 Å². The Balaban J connectivity index is 3.04. The number of carbonyl (C=O) groups is 3. The zero-order valence-electron chi connectivity index (χ0n) is 14.2. The van der Waals surface area contributed by atoms with Gasteiger partial charge in [-0.2, -0.15) is 0 Å². The number of aliphatic hydroxyl groups excluding tert-OH is 1. The van der Waals surface area contributed by atoms with Gasteiger partial charge in [0.2, 0.25) is 0 Å². The Bertz CT molecular complexity index is 450. The summed E-state index contributed by atoms with van der Waals surface area (Å²) in [4.78, 5) is 34.0. The summed E-state index contributed by atoms with van der Waals surface area (Å²) < 4.78 is 26.0. The van der Waals surface area contributed by atoms with Crippen LogP contribution in [0.15, 0.2) is 0 Å². The molecule has 0 radical (unpaired) electrons. The molecule has 0 amide bonds. The fourth-order valence-corrected chi connectivity index (χ4v) is 2.35. The maximum atomic E-state index is 11.4. The highest BCUT2D eigenvalue weighted by Crippen LogP contribution is 2.28. The predicted octanol–water partition coefficient (Wildman–Crippen LogP) is -0.0747. The molecule has 1 aliphatic heterocycles. The summed E-state index contributed by atoms with van der Waals surface area (Å²) in [6.45, 7) is 5.83.